The lowest BCUT2D eigenvalue weighted by molar-refractivity contribution is -0.135. The maximum absolute atomic E-state index is 13.0. The predicted molar refractivity (Wildman–Crippen MR) is 103 cm³/mol. The minimum Gasteiger partial charge on any atom is -0.336 e. The van der Waals surface area contributed by atoms with E-state index in [1.807, 2.05) is 24.3 Å². The van der Waals surface area contributed by atoms with Crippen LogP contribution in [-0.2, 0) is 21.5 Å². The summed E-state index contributed by atoms with van der Waals surface area (Å²) in [5, 5.41) is 14.8. The number of urea groups is 1. The summed E-state index contributed by atoms with van der Waals surface area (Å²) in [5.74, 6) is -0.956. The molecule has 1 saturated heterocycles. The minimum absolute atomic E-state index is 0.391. The van der Waals surface area contributed by atoms with Crippen LogP contribution in [0.3, 0.4) is 0 Å². The molecule has 148 valence electrons. The standard InChI is InChI=1S/C21H26N4O3/c1-3-6-15-7-9-16(10-8-15)20(2)18(27)25(19(28)24-20)13-17(26)23-21(14-22)11-4-5-12-21/h7-10H,3-6,11-13H2,1-2H3,(H,23,26)(H,24,28)/t20-/m0/s1. The third kappa shape index (κ3) is 3.59. The monoisotopic (exact) mass is 382 g/mol. The van der Waals surface area contributed by atoms with Crippen LogP contribution in [0.1, 0.15) is 57.1 Å². The molecule has 2 N–H and O–H groups in total. The Hall–Kier alpha value is -2.88. The van der Waals surface area contributed by atoms with Gasteiger partial charge >= 0.3 is 6.03 Å². The Kier molecular flexibility index (Phi) is 5.41. The van der Waals surface area contributed by atoms with Gasteiger partial charge in [-0.05, 0) is 50.2 Å². The SMILES string of the molecule is CCCc1ccc([C@]2(C)NC(=O)N(CC(=O)NC3(C#N)CCCC3)C2=O)cc1. The molecule has 0 spiro atoms. The summed E-state index contributed by atoms with van der Waals surface area (Å²) in [7, 11) is 0. The van der Waals surface area contributed by atoms with Crippen molar-refractivity contribution in [3.05, 3.63) is 35.4 Å². The van der Waals surface area contributed by atoms with Gasteiger partial charge in [0.05, 0.1) is 6.07 Å². The third-order valence-corrected chi connectivity index (χ3v) is 5.70. The molecule has 3 rings (SSSR count). The number of carbonyl (C=O) groups excluding carboxylic acids is 3. The summed E-state index contributed by atoms with van der Waals surface area (Å²) in [6, 6.07) is 9.17. The molecule has 1 heterocycles. The van der Waals surface area contributed by atoms with Gasteiger partial charge in [0.15, 0.2) is 0 Å². The quantitative estimate of drug-likeness (QED) is 0.737. The number of hydrogen-bond acceptors (Lipinski definition) is 4. The number of rotatable bonds is 6. The van der Waals surface area contributed by atoms with Crippen molar-refractivity contribution in [2.24, 2.45) is 0 Å². The van der Waals surface area contributed by atoms with Crippen molar-refractivity contribution in [3.8, 4) is 6.07 Å². The minimum atomic E-state index is -1.21. The average Bonchev–Trinajstić information content (AvgIpc) is 3.22. The van der Waals surface area contributed by atoms with E-state index < -0.39 is 35.5 Å². The zero-order valence-corrected chi connectivity index (χ0v) is 16.4. The molecule has 7 nitrogen and oxygen atoms in total. The molecule has 1 aliphatic carbocycles. The zero-order chi connectivity index (χ0) is 20.4. The molecule has 1 saturated carbocycles. The number of carbonyl (C=O) groups is 3. The Bertz CT molecular complexity index is 821. The van der Waals surface area contributed by atoms with Crippen molar-refractivity contribution in [1.29, 1.82) is 5.26 Å². The Morgan fingerprint density at radius 2 is 1.89 bits per heavy atom. The number of nitriles is 1. The average molecular weight is 382 g/mol. The summed E-state index contributed by atoms with van der Waals surface area (Å²) in [5.41, 5.74) is -0.240. The van der Waals surface area contributed by atoms with Crippen LogP contribution in [0, 0.1) is 11.3 Å². The Morgan fingerprint density at radius 1 is 1.25 bits per heavy atom. The Morgan fingerprint density at radius 3 is 2.46 bits per heavy atom. The van der Waals surface area contributed by atoms with E-state index in [4.69, 9.17) is 0 Å². The summed E-state index contributed by atoms with van der Waals surface area (Å²) >= 11 is 0. The molecular formula is C21H26N4O3. The van der Waals surface area contributed by atoms with Crippen LogP contribution < -0.4 is 10.6 Å². The number of aryl methyl sites for hydroxylation is 1. The first-order valence-electron chi connectivity index (χ1n) is 9.79. The van der Waals surface area contributed by atoms with Crippen LogP contribution in [0.2, 0.25) is 0 Å². The molecule has 1 atom stereocenters. The van der Waals surface area contributed by atoms with Gasteiger partial charge in [0, 0.05) is 0 Å². The van der Waals surface area contributed by atoms with E-state index in [0.29, 0.717) is 18.4 Å². The van der Waals surface area contributed by atoms with E-state index in [1.54, 1.807) is 6.92 Å². The van der Waals surface area contributed by atoms with Gasteiger partial charge in [-0.15, -0.1) is 0 Å². The molecule has 0 bridgehead atoms. The molecule has 0 aromatic heterocycles. The van der Waals surface area contributed by atoms with E-state index in [9.17, 15) is 19.6 Å². The lowest BCUT2D eigenvalue weighted by Gasteiger charge is -2.24. The largest absolute Gasteiger partial charge is 0.336 e. The summed E-state index contributed by atoms with van der Waals surface area (Å²) in [6.45, 7) is 3.35. The van der Waals surface area contributed by atoms with Crippen LogP contribution in [0.5, 0.6) is 0 Å². The van der Waals surface area contributed by atoms with E-state index >= 15 is 0 Å². The van der Waals surface area contributed by atoms with Crippen LogP contribution in [0.4, 0.5) is 4.79 Å². The lowest BCUT2D eigenvalue weighted by Crippen LogP contribution is -2.50. The van der Waals surface area contributed by atoms with Gasteiger partial charge in [-0.25, -0.2) is 4.79 Å². The number of hydrogen-bond donors (Lipinski definition) is 2. The number of benzene rings is 1. The van der Waals surface area contributed by atoms with Crippen LogP contribution in [0.15, 0.2) is 24.3 Å². The maximum Gasteiger partial charge on any atom is 0.325 e. The summed E-state index contributed by atoms with van der Waals surface area (Å²) < 4.78 is 0. The fourth-order valence-corrected chi connectivity index (χ4v) is 4.02. The van der Waals surface area contributed by atoms with Gasteiger partial charge in [0.1, 0.15) is 17.6 Å². The highest BCUT2D eigenvalue weighted by Gasteiger charge is 2.49. The number of nitrogens with one attached hydrogen (secondary N) is 2. The van der Waals surface area contributed by atoms with Gasteiger partial charge < -0.3 is 10.6 Å². The summed E-state index contributed by atoms with van der Waals surface area (Å²) in [4.78, 5) is 38.7. The van der Waals surface area contributed by atoms with Crippen molar-refractivity contribution >= 4 is 17.8 Å². The molecular weight excluding hydrogens is 356 g/mol. The van der Waals surface area contributed by atoms with Gasteiger partial charge in [-0.2, -0.15) is 5.26 Å². The first-order chi connectivity index (χ1) is 13.3. The zero-order valence-electron chi connectivity index (χ0n) is 16.4. The van der Waals surface area contributed by atoms with Gasteiger partial charge in [0.2, 0.25) is 5.91 Å². The second kappa shape index (κ2) is 7.63. The van der Waals surface area contributed by atoms with Crippen molar-refractivity contribution < 1.29 is 14.4 Å². The number of nitrogens with zero attached hydrogens (tertiary/aromatic N) is 2. The van der Waals surface area contributed by atoms with Crippen LogP contribution >= 0.6 is 0 Å². The number of amides is 4. The molecule has 0 radical (unpaired) electrons. The van der Waals surface area contributed by atoms with Crippen LogP contribution in [-0.4, -0.2) is 34.8 Å². The van der Waals surface area contributed by atoms with Crippen molar-refractivity contribution in [2.75, 3.05) is 6.54 Å². The molecule has 2 fully saturated rings. The molecule has 7 heteroatoms. The molecule has 28 heavy (non-hydrogen) atoms. The Balaban J connectivity index is 1.72. The topological polar surface area (TPSA) is 102 Å². The van der Waals surface area contributed by atoms with E-state index in [0.717, 1.165) is 30.6 Å². The smallest absolute Gasteiger partial charge is 0.325 e. The highest BCUT2D eigenvalue weighted by atomic mass is 16.2. The highest BCUT2D eigenvalue weighted by Crippen LogP contribution is 2.30. The van der Waals surface area contributed by atoms with Gasteiger partial charge in [0.25, 0.3) is 5.91 Å². The molecule has 2 aliphatic rings. The summed E-state index contributed by atoms with van der Waals surface area (Å²) in [6.07, 6.45) is 4.92. The van der Waals surface area contributed by atoms with Crippen molar-refractivity contribution in [3.63, 3.8) is 0 Å². The third-order valence-electron chi connectivity index (χ3n) is 5.70. The van der Waals surface area contributed by atoms with Gasteiger partial charge in [-0.3, -0.25) is 14.5 Å². The lowest BCUT2D eigenvalue weighted by atomic mass is 9.91. The number of imide groups is 1. The molecule has 1 aromatic rings. The van der Waals surface area contributed by atoms with Crippen LogP contribution in [0.25, 0.3) is 0 Å². The second-order valence-corrected chi connectivity index (χ2v) is 7.84. The highest BCUT2D eigenvalue weighted by molar-refractivity contribution is 6.09. The molecule has 1 aliphatic heterocycles. The fourth-order valence-electron chi connectivity index (χ4n) is 4.02. The molecule has 4 amide bonds. The van der Waals surface area contributed by atoms with Crippen molar-refractivity contribution in [2.45, 2.75) is 63.5 Å². The maximum atomic E-state index is 13.0. The normalized spacial score (nSPS) is 23.4. The molecule has 0 unspecified atom stereocenters. The second-order valence-electron chi connectivity index (χ2n) is 7.84. The first-order valence-corrected chi connectivity index (χ1v) is 9.79. The molecule has 1 aromatic carbocycles. The Labute approximate surface area is 165 Å². The van der Waals surface area contributed by atoms with E-state index in [1.165, 1.54) is 5.56 Å². The van der Waals surface area contributed by atoms with E-state index in [-0.39, 0.29) is 0 Å². The van der Waals surface area contributed by atoms with E-state index in [2.05, 4.69) is 23.6 Å². The first kappa shape index (κ1) is 19.9. The van der Waals surface area contributed by atoms with Crippen molar-refractivity contribution in [1.82, 2.24) is 15.5 Å². The fraction of sp³-hybridized carbons (Fsp3) is 0.524. The van der Waals surface area contributed by atoms with Gasteiger partial charge in [-0.1, -0.05) is 37.6 Å². The predicted octanol–water partition coefficient (Wildman–Crippen LogP) is 2.36.